The van der Waals surface area contributed by atoms with E-state index in [1.165, 1.54) is 12.8 Å². The fraction of sp³-hybridized carbons (Fsp3) is 0.667. The third-order valence-corrected chi connectivity index (χ3v) is 6.56. The van der Waals surface area contributed by atoms with E-state index in [0.29, 0.717) is 17.2 Å². The first-order valence-corrected chi connectivity index (χ1v) is 10.1. The van der Waals surface area contributed by atoms with E-state index in [4.69, 9.17) is 4.42 Å². The van der Waals surface area contributed by atoms with Gasteiger partial charge in [0.1, 0.15) is 5.76 Å². The van der Waals surface area contributed by atoms with Gasteiger partial charge in [-0.15, -0.1) is 0 Å². The maximum Gasteiger partial charge on any atom is 0.226 e. The smallest absolute Gasteiger partial charge is 0.226 e. The molecule has 4 rings (SSSR count). The molecule has 0 aromatic carbocycles. The molecule has 3 heterocycles. The molecule has 0 radical (unpaired) electrons. The molecule has 142 valence electrons. The number of likely N-dealkylation sites (N-methyl/N-ethyl adjacent to an activating group) is 1. The third-order valence-electron chi connectivity index (χ3n) is 6.56. The van der Waals surface area contributed by atoms with Crippen LogP contribution in [0.3, 0.4) is 0 Å². The van der Waals surface area contributed by atoms with Gasteiger partial charge in [-0.2, -0.15) is 0 Å². The van der Waals surface area contributed by atoms with Crippen LogP contribution in [0.15, 0.2) is 28.9 Å². The van der Waals surface area contributed by atoms with Gasteiger partial charge in [-0.05, 0) is 76.0 Å². The molecule has 0 bridgehead atoms. The Balaban J connectivity index is 1.24. The van der Waals surface area contributed by atoms with Crippen molar-refractivity contribution in [1.82, 2.24) is 14.7 Å². The summed E-state index contributed by atoms with van der Waals surface area (Å²) >= 11 is 0. The maximum absolute atomic E-state index is 13.0. The SMILES string of the molecule is CN1CCCN(C(=O)C2CC23CCN(C/C=C/c2ccco2)CC3)CC1. The fourth-order valence-electron chi connectivity index (χ4n) is 4.62. The van der Waals surface area contributed by atoms with E-state index in [2.05, 4.69) is 27.8 Å². The summed E-state index contributed by atoms with van der Waals surface area (Å²) in [6.45, 7) is 7.16. The van der Waals surface area contributed by atoms with Gasteiger partial charge in [0, 0.05) is 32.1 Å². The number of piperidine rings is 1. The highest BCUT2D eigenvalue weighted by atomic mass is 16.3. The van der Waals surface area contributed by atoms with Gasteiger partial charge in [0.2, 0.25) is 5.91 Å². The molecule has 1 saturated carbocycles. The second-order valence-corrected chi connectivity index (χ2v) is 8.32. The van der Waals surface area contributed by atoms with Crippen LogP contribution in [0.4, 0.5) is 0 Å². The summed E-state index contributed by atoms with van der Waals surface area (Å²) in [6, 6.07) is 3.89. The average Bonchev–Trinajstić information content (AvgIpc) is 3.18. The Labute approximate surface area is 156 Å². The van der Waals surface area contributed by atoms with Gasteiger partial charge in [-0.25, -0.2) is 0 Å². The first kappa shape index (κ1) is 17.8. The molecule has 1 aromatic rings. The first-order valence-electron chi connectivity index (χ1n) is 10.1. The molecule has 1 aromatic heterocycles. The van der Waals surface area contributed by atoms with Gasteiger partial charge in [-0.1, -0.05) is 6.08 Å². The molecule has 3 fully saturated rings. The van der Waals surface area contributed by atoms with Crippen LogP contribution < -0.4 is 0 Å². The van der Waals surface area contributed by atoms with Crippen LogP contribution in [0.25, 0.3) is 6.08 Å². The van der Waals surface area contributed by atoms with Crippen molar-refractivity contribution in [3.8, 4) is 0 Å². The lowest BCUT2D eigenvalue weighted by Crippen LogP contribution is -2.39. The summed E-state index contributed by atoms with van der Waals surface area (Å²) in [6.07, 6.45) is 10.5. The van der Waals surface area contributed by atoms with E-state index < -0.39 is 0 Å². The molecule has 1 atom stereocenters. The zero-order valence-electron chi connectivity index (χ0n) is 15.9. The van der Waals surface area contributed by atoms with E-state index in [-0.39, 0.29) is 0 Å². The first-order chi connectivity index (χ1) is 12.7. The zero-order valence-corrected chi connectivity index (χ0v) is 15.9. The third kappa shape index (κ3) is 3.89. The van der Waals surface area contributed by atoms with Crippen LogP contribution >= 0.6 is 0 Å². The molecule has 0 N–H and O–H groups in total. The quantitative estimate of drug-likeness (QED) is 0.830. The van der Waals surface area contributed by atoms with E-state index in [9.17, 15) is 4.79 Å². The summed E-state index contributed by atoms with van der Waals surface area (Å²) in [5.41, 5.74) is 0.316. The second kappa shape index (κ2) is 7.57. The van der Waals surface area contributed by atoms with Crippen LogP contribution in [0.5, 0.6) is 0 Å². The van der Waals surface area contributed by atoms with Crippen molar-refractivity contribution in [2.45, 2.75) is 25.7 Å². The Morgan fingerprint density at radius 3 is 2.85 bits per heavy atom. The van der Waals surface area contributed by atoms with E-state index in [1.807, 2.05) is 18.2 Å². The number of carbonyl (C=O) groups excluding carboxylic acids is 1. The van der Waals surface area contributed by atoms with Crippen molar-refractivity contribution in [1.29, 1.82) is 0 Å². The highest BCUT2D eigenvalue weighted by Gasteiger charge is 2.59. The molecular weight excluding hydrogens is 326 g/mol. The van der Waals surface area contributed by atoms with Crippen molar-refractivity contribution in [2.24, 2.45) is 11.3 Å². The van der Waals surface area contributed by atoms with Crippen molar-refractivity contribution in [3.05, 3.63) is 30.2 Å². The Morgan fingerprint density at radius 2 is 2.08 bits per heavy atom. The number of amides is 1. The number of nitrogens with zero attached hydrogens (tertiary/aromatic N) is 3. The predicted octanol–water partition coefficient (Wildman–Crippen LogP) is 2.56. The highest BCUT2D eigenvalue weighted by molar-refractivity contribution is 5.82. The topological polar surface area (TPSA) is 39.9 Å². The number of furan rings is 1. The van der Waals surface area contributed by atoms with Gasteiger partial charge in [0.15, 0.2) is 0 Å². The van der Waals surface area contributed by atoms with E-state index >= 15 is 0 Å². The minimum atomic E-state index is 0.298. The van der Waals surface area contributed by atoms with Crippen LogP contribution in [0.2, 0.25) is 0 Å². The summed E-state index contributed by atoms with van der Waals surface area (Å²) in [7, 11) is 2.16. The molecule has 1 unspecified atom stereocenters. The lowest BCUT2D eigenvalue weighted by atomic mass is 9.90. The van der Waals surface area contributed by atoms with Gasteiger partial charge < -0.3 is 14.2 Å². The summed E-state index contributed by atoms with van der Waals surface area (Å²) < 4.78 is 5.33. The Kier molecular flexibility index (Phi) is 5.18. The van der Waals surface area contributed by atoms with E-state index in [1.54, 1.807) is 6.26 Å². The Hall–Kier alpha value is -1.59. The minimum Gasteiger partial charge on any atom is -0.465 e. The molecule has 1 amide bonds. The lowest BCUT2D eigenvalue weighted by Gasteiger charge is -2.32. The lowest BCUT2D eigenvalue weighted by molar-refractivity contribution is -0.133. The minimum absolute atomic E-state index is 0.298. The number of hydrogen-bond donors (Lipinski definition) is 0. The van der Waals surface area contributed by atoms with Crippen LogP contribution in [0.1, 0.15) is 31.4 Å². The van der Waals surface area contributed by atoms with Crippen molar-refractivity contribution >= 4 is 12.0 Å². The Bertz CT molecular complexity index is 632. The van der Waals surface area contributed by atoms with Crippen LogP contribution in [-0.4, -0.2) is 73.5 Å². The number of rotatable bonds is 4. The molecule has 2 aliphatic heterocycles. The highest BCUT2D eigenvalue weighted by Crippen LogP contribution is 2.60. The van der Waals surface area contributed by atoms with Gasteiger partial charge >= 0.3 is 0 Å². The van der Waals surface area contributed by atoms with Crippen molar-refractivity contribution in [3.63, 3.8) is 0 Å². The van der Waals surface area contributed by atoms with Gasteiger partial charge in [-0.3, -0.25) is 9.69 Å². The standard InChI is InChI=1S/C21H31N3O2/c1-22-9-4-11-24(15-14-22)20(25)19-17-21(19)7-12-23(13-8-21)10-2-5-18-6-3-16-26-18/h2-3,5-6,16,19H,4,7-15,17H2,1H3/b5-2+. The second-order valence-electron chi connectivity index (χ2n) is 8.32. The van der Waals surface area contributed by atoms with Crippen molar-refractivity contribution in [2.75, 3.05) is 52.9 Å². The van der Waals surface area contributed by atoms with Gasteiger partial charge in [0.25, 0.3) is 0 Å². The molecule has 1 aliphatic carbocycles. The Morgan fingerprint density at radius 1 is 1.23 bits per heavy atom. The predicted molar refractivity (Wildman–Crippen MR) is 103 cm³/mol. The number of carbonyl (C=O) groups is 1. The summed E-state index contributed by atoms with van der Waals surface area (Å²) in [5.74, 6) is 1.65. The largest absolute Gasteiger partial charge is 0.465 e. The monoisotopic (exact) mass is 357 g/mol. The average molecular weight is 357 g/mol. The molecule has 1 spiro atoms. The summed E-state index contributed by atoms with van der Waals surface area (Å²) in [5, 5.41) is 0. The molecule has 2 saturated heterocycles. The fourth-order valence-corrected chi connectivity index (χ4v) is 4.62. The van der Waals surface area contributed by atoms with E-state index in [0.717, 1.165) is 64.4 Å². The van der Waals surface area contributed by atoms with Gasteiger partial charge in [0.05, 0.1) is 6.26 Å². The molecule has 26 heavy (non-hydrogen) atoms. The molecular formula is C21H31N3O2. The van der Waals surface area contributed by atoms with Crippen LogP contribution in [-0.2, 0) is 4.79 Å². The van der Waals surface area contributed by atoms with Crippen LogP contribution in [0, 0.1) is 11.3 Å². The number of likely N-dealkylation sites (tertiary alicyclic amines) is 1. The summed E-state index contributed by atoms with van der Waals surface area (Å²) in [4.78, 5) is 19.9. The number of hydrogen-bond acceptors (Lipinski definition) is 4. The zero-order chi connectivity index (χ0) is 18.0. The van der Waals surface area contributed by atoms with Crippen molar-refractivity contribution < 1.29 is 9.21 Å². The molecule has 5 nitrogen and oxygen atoms in total. The normalized spacial score (nSPS) is 27.1. The molecule has 5 heteroatoms. The molecule has 3 aliphatic rings. The maximum atomic E-state index is 13.0.